The van der Waals surface area contributed by atoms with Crippen molar-refractivity contribution in [1.29, 1.82) is 0 Å². The van der Waals surface area contributed by atoms with Crippen molar-refractivity contribution in [3.05, 3.63) is 53.3 Å². The highest BCUT2D eigenvalue weighted by molar-refractivity contribution is 6.32. The van der Waals surface area contributed by atoms with E-state index in [-0.39, 0.29) is 11.1 Å². The Morgan fingerprint density at radius 2 is 2.26 bits per heavy atom. The molecule has 2 aromatic rings. The minimum Gasteiger partial charge on any atom is -0.497 e. The molecule has 1 aromatic heterocycles. The summed E-state index contributed by atoms with van der Waals surface area (Å²) in [7, 11) is 1.60. The van der Waals surface area contributed by atoms with Gasteiger partial charge >= 0.3 is 0 Å². The number of carbonyl (C=O) groups excluding carboxylic acids is 1. The van der Waals surface area contributed by atoms with E-state index in [0.717, 1.165) is 11.3 Å². The van der Waals surface area contributed by atoms with Gasteiger partial charge in [0.05, 0.1) is 18.5 Å². The van der Waals surface area contributed by atoms with Gasteiger partial charge in [0, 0.05) is 18.2 Å². The van der Waals surface area contributed by atoms with Crippen LogP contribution in [-0.2, 0) is 9.63 Å². The van der Waals surface area contributed by atoms with E-state index in [1.54, 1.807) is 25.4 Å². The number of nitrogens with one attached hydrogen (secondary N) is 1. The number of carbonyl (C=O) groups is 1. The molecule has 0 bridgehead atoms. The van der Waals surface area contributed by atoms with Crippen LogP contribution in [0.25, 0.3) is 0 Å². The molecule has 0 spiro atoms. The van der Waals surface area contributed by atoms with Gasteiger partial charge < -0.3 is 14.9 Å². The summed E-state index contributed by atoms with van der Waals surface area (Å²) in [5, 5.41) is 6.92. The van der Waals surface area contributed by atoms with Crippen molar-refractivity contribution in [3.63, 3.8) is 0 Å². The van der Waals surface area contributed by atoms with Crippen LogP contribution >= 0.6 is 11.6 Å². The lowest BCUT2D eigenvalue weighted by molar-refractivity contribution is -0.125. The van der Waals surface area contributed by atoms with E-state index < -0.39 is 6.10 Å². The highest BCUT2D eigenvalue weighted by Gasteiger charge is 2.29. The van der Waals surface area contributed by atoms with Crippen LogP contribution in [0.15, 0.2) is 47.8 Å². The number of hydrogen-bond donors (Lipinski definition) is 1. The smallest absolute Gasteiger partial charge is 0.268 e. The van der Waals surface area contributed by atoms with E-state index in [9.17, 15) is 4.79 Å². The maximum absolute atomic E-state index is 12.2. The van der Waals surface area contributed by atoms with Gasteiger partial charge in [-0.1, -0.05) is 28.9 Å². The van der Waals surface area contributed by atoms with E-state index in [4.69, 9.17) is 21.2 Å². The first-order valence-electron chi connectivity index (χ1n) is 6.96. The van der Waals surface area contributed by atoms with Crippen LogP contribution < -0.4 is 10.1 Å². The maximum atomic E-state index is 12.2. The van der Waals surface area contributed by atoms with Crippen LogP contribution in [0.1, 0.15) is 12.0 Å². The van der Waals surface area contributed by atoms with Gasteiger partial charge in [0.25, 0.3) is 5.91 Å². The van der Waals surface area contributed by atoms with Gasteiger partial charge in [-0.15, -0.1) is 0 Å². The van der Waals surface area contributed by atoms with Crippen molar-refractivity contribution in [3.8, 4) is 5.75 Å². The molecule has 1 aliphatic heterocycles. The summed E-state index contributed by atoms with van der Waals surface area (Å²) < 4.78 is 5.18. The summed E-state index contributed by atoms with van der Waals surface area (Å²) in [5.41, 5.74) is 2.00. The second-order valence-corrected chi connectivity index (χ2v) is 5.26. The molecule has 3 rings (SSSR count). The van der Waals surface area contributed by atoms with Gasteiger partial charge in [-0.2, -0.15) is 0 Å². The van der Waals surface area contributed by atoms with Crippen LogP contribution in [0.4, 0.5) is 5.69 Å². The Morgan fingerprint density at radius 3 is 3.04 bits per heavy atom. The van der Waals surface area contributed by atoms with Crippen LogP contribution in [0.2, 0.25) is 5.15 Å². The molecule has 2 heterocycles. The number of halogens is 1. The first-order valence-corrected chi connectivity index (χ1v) is 7.33. The molecule has 1 aliphatic rings. The average molecular weight is 332 g/mol. The Morgan fingerprint density at radius 1 is 1.39 bits per heavy atom. The van der Waals surface area contributed by atoms with Gasteiger partial charge in [-0.05, 0) is 24.3 Å². The summed E-state index contributed by atoms with van der Waals surface area (Å²) in [5.74, 6) is 0.404. The molecule has 0 saturated heterocycles. The third-order valence-corrected chi connectivity index (χ3v) is 3.68. The van der Waals surface area contributed by atoms with Gasteiger partial charge in [-0.25, -0.2) is 4.98 Å². The van der Waals surface area contributed by atoms with E-state index in [1.165, 1.54) is 0 Å². The number of oxime groups is 1. The Labute approximate surface area is 138 Å². The van der Waals surface area contributed by atoms with Crippen LogP contribution in [0.3, 0.4) is 0 Å². The van der Waals surface area contributed by atoms with Gasteiger partial charge in [0.1, 0.15) is 5.75 Å². The van der Waals surface area contributed by atoms with Crippen molar-refractivity contribution >= 4 is 28.9 Å². The Bertz CT molecular complexity index is 764. The number of pyridine rings is 1. The average Bonchev–Trinajstić information content (AvgIpc) is 3.07. The topological polar surface area (TPSA) is 72.8 Å². The summed E-state index contributed by atoms with van der Waals surface area (Å²) in [6, 6.07) is 10.8. The summed E-state index contributed by atoms with van der Waals surface area (Å²) in [4.78, 5) is 21.4. The molecule has 23 heavy (non-hydrogen) atoms. The Kier molecular flexibility index (Phi) is 4.43. The standard InChI is InChI=1S/C16H14ClN3O3/c1-22-11-5-2-4-10(8-11)13-9-14(23-20-13)16(21)19-12-6-3-7-18-15(12)17/h2-8,14H,9H2,1H3,(H,19,21)/t14-/m0/s1. The highest BCUT2D eigenvalue weighted by atomic mass is 35.5. The van der Waals surface area contributed by atoms with Gasteiger partial charge in [0.2, 0.25) is 6.10 Å². The molecule has 1 amide bonds. The molecule has 0 unspecified atom stereocenters. The molecule has 1 aromatic carbocycles. The lowest BCUT2D eigenvalue weighted by Gasteiger charge is -2.10. The summed E-state index contributed by atoms with van der Waals surface area (Å²) in [6.07, 6.45) is 1.22. The normalized spacial score (nSPS) is 16.4. The number of ether oxygens (including phenoxy) is 1. The van der Waals surface area contributed by atoms with Gasteiger partial charge in [-0.3, -0.25) is 4.79 Å². The number of benzene rings is 1. The number of methoxy groups -OCH3 is 1. The van der Waals surface area contributed by atoms with Gasteiger partial charge in [0.15, 0.2) is 5.15 Å². The molecule has 1 atom stereocenters. The van der Waals surface area contributed by atoms with Crippen molar-refractivity contribution in [2.75, 3.05) is 12.4 Å². The number of rotatable bonds is 4. The lowest BCUT2D eigenvalue weighted by atomic mass is 10.0. The predicted molar refractivity (Wildman–Crippen MR) is 86.9 cm³/mol. The first kappa shape index (κ1) is 15.3. The van der Waals surface area contributed by atoms with Crippen LogP contribution in [-0.4, -0.2) is 29.8 Å². The molecular formula is C16H14ClN3O3. The SMILES string of the molecule is COc1cccc(C2=NO[C@H](C(=O)Nc3cccnc3Cl)C2)c1. The largest absolute Gasteiger partial charge is 0.497 e. The van der Waals surface area contributed by atoms with E-state index in [1.807, 2.05) is 24.3 Å². The van der Waals surface area contributed by atoms with Crippen molar-refractivity contribution in [2.45, 2.75) is 12.5 Å². The number of amides is 1. The second kappa shape index (κ2) is 6.66. The minimum absolute atomic E-state index is 0.229. The Hall–Kier alpha value is -2.60. The van der Waals surface area contributed by atoms with Crippen molar-refractivity contribution in [2.24, 2.45) is 5.16 Å². The number of anilines is 1. The molecule has 0 aliphatic carbocycles. The summed E-state index contributed by atoms with van der Waals surface area (Å²) in [6.45, 7) is 0. The molecule has 7 heteroatoms. The first-order chi connectivity index (χ1) is 11.2. The fraction of sp³-hybridized carbons (Fsp3) is 0.188. The number of aromatic nitrogens is 1. The molecule has 118 valence electrons. The minimum atomic E-state index is -0.701. The molecule has 1 N–H and O–H groups in total. The lowest BCUT2D eigenvalue weighted by Crippen LogP contribution is -2.28. The third-order valence-electron chi connectivity index (χ3n) is 3.38. The molecular weight excluding hydrogens is 318 g/mol. The number of hydrogen-bond acceptors (Lipinski definition) is 5. The molecule has 0 radical (unpaired) electrons. The van der Waals surface area contributed by atoms with Crippen molar-refractivity contribution in [1.82, 2.24) is 4.98 Å². The second-order valence-electron chi connectivity index (χ2n) is 4.90. The highest BCUT2D eigenvalue weighted by Crippen LogP contribution is 2.23. The quantitative estimate of drug-likeness (QED) is 0.874. The maximum Gasteiger partial charge on any atom is 0.268 e. The molecule has 6 nitrogen and oxygen atoms in total. The predicted octanol–water partition coefficient (Wildman–Crippen LogP) is 2.88. The Balaban J connectivity index is 1.66. The zero-order chi connectivity index (χ0) is 16.2. The third kappa shape index (κ3) is 3.43. The fourth-order valence-corrected chi connectivity index (χ4v) is 2.35. The molecule has 0 saturated carbocycles. The zero-order valence-electron chi connectivity index (χ0n) is 12.3. The van der Waals surface area contributed by atoms with E-state index in [2.05, 4.69) is 15.5 Å². The number of nitrogens with zero attached hydrogens (tertiary/aromatic N) is 2. The zero-order valence-corrected chi connectivity index (χ0v) is 13.1. The van der Waals surface area contributed by atoms with E-state index in [0.29, 0.717) is 17.8 Å². The van der Waals surface area contributed by atoms with E-state index >= 15 is 0 Å². The van der Waals surface area contributed by atoms with Crippen LogP contribution in [0, 0.1) is 0 Å². The van der Waals surface area contributed by atoms with Crippen LogP contribution in [0.5, 0.6) is 5.75 Å². The molecule has 0 fully saturated rings. The monoisotopic (exact) mass is 331 g/mol. The van der Waals surface area contributed by atoms with Crippen molar-refractivity contribution < 1.29 is 14.4 Å². The fourth-order valence-electron chi connectivity index (χ4n) is 2.18. The summed E-state index contributed by atoms with van der Waals surface area (Å²) >= 11 is 5.92.